The first-order chi connectivity index (χ1) is 13.0. The van der Waals surface area contributed by atoms with Gasteiger partial charge >= 0.3 is 0 Å². The standard InChI is InChI=1S/C22H23BrFN3/c1-14-13-27(2)10-8-18(14)20-12-19(16-7-9-25-21(23)11-16)22(26-20)15-3-5-17(24)6-4-15/h3-7,9,11-12,14,18,26H,8,10,13H2,1-2H3/t14-,18-/m1/s1. The van der Waals surface area contributed by atoms with Gasteiger partial charge in [-0.3, -0.25) is 0 Å². The van der Waals surface area contributed by atoms with E-state index in [1.807, 2.05) is 24.3 Å². The molecule has 0 radical (unpaired) electrons. The lowest BCUT2D eigenvalue weighted by molar-refractivity contribution is 0.194. The molecule has 3 aromatic rings. The van der Waals surface area contributed by atoms with Gasteiger partial charge in [-0.1, -0.05) is 6.92 Å². The molecule has 1 N–H and O–H groups in total. The largest absolute Gasteiger partial charge is 0.358 e. The Morgan fingerprint density at radius 1 is 1.15 bits per heavy atom. The van der Waals surface area contributed by atoms with Crippen molar-refractivity contribution < 1.29 is 4.39 Å². The van der Waals surface area contributed by atoms with E-state index >= 15 is 0 Å². The van der Waals surface area contributed by atoms with E-state index < -0.39 is 0 Å². The lowest BCUT2D eigenvalue weighted by Gasteiger charge is -2.34. The summed E-state index contributed by atoms with van der Waals surface area (Å²) in [6, 6.07) is 13.0. The minimum Gasteiger partial charge on any atom is -0.358 e. The zero-order chi connectivity index (χ0) is 19.0. The topological polar surface area (TPSA) is 31.9 Å². The van der Waals surface area contributed by atoms with E-state index in [0.717, 1.165) is 46.5 Å². The van der Waals surface area contributed by atoms with E-state index in [-0.39, 0.29) is 5.82 Å². The number of nitrogens with zero attached hydrogens (tertiary/aromatic N) is 2. The third-order valence-electron chi connectivity index (χ3n) is 5.52. The number of rotatable bonds is 3. The number of H-pyrrole nitrogens is 1. The maximum atomic E-state index is 13.4. The lowest BCUT2D eigenvalue weighted by atomic mass is 9.84. The number of benzene rings is 1. The molecule has 3 nitrogen and oxygen atoms in total. The number of likely N-dealkylation sites (tertiary alicyclic amines) is 1. The number of aromatic nitrogens is 2. The zero-order valence-electron chi connectivity index (χ0n) is 15.5. The summed E-state index contributed by atoms with van der Waals surface area (Å²) in [6.07, 6.45) is 2.94. The van der Waals surface area contributed by atoms with E-state index in [0.29, 0.717) is 11.8 Å². The highest BCUT2D eigenvalue weighted by molar-refractivity contribution is 9.10. The summed E-state index contributed by atoms with van der Waals surface area (Å²) in [5.41, 5.74) is 5.52. The van der Waals surface area contributed by atoms with E-state index in [4.69, 9.17) is 0 Å². The van der Waals surface area contributed by atoms with Crippen LogP contribution in [-0.4, -0.2) is 35.0 Å². The molecule has 1 aliphatic rings. The van der Waals surface area contributed by atoms with Gasteiger partial charge in [0.25, 0.3) is 0 Å². The molecule has 0 bridgehead atoms. The van der Waals surface area contributed by atoms with Crippen LogP contribution in [0.25, 0.3) is 22.4 Å². The summed E-state index contributed by atoms with van der Waals surface area (Å²) in [5.74, 6) is 0.864. The normalized spacial score (nSPS) is 20.7. The Bertz CT molecular complexity index is 935. The van der Waals surface area contributed by atoms with Crippen LogP contribution in [0.1, 0.15) is 25.0 Å². The minimum atomic E-state index is -0.220. The van der Waals surface area contributed by atoms with E-state index in [1.165, 1.54) is 17.8 Å². The van der Waals surface area contributed by atoms with Crippen molar-refractivity contribution in [2.45, 2.75) is 19.3 Å². The van der Waals surface area contributed by atoms with Crippen LogP contribution < -0.4 is 0 Å². The Balaban J connectivity index is 1.81. The fourth-order valence-corrected chi connectivity index (χ4v) is 4.50. The van der Waals surface area contributed by atoms with Crippen molar-refractivity contribution in [3.8, 4) is 22.4 Å². The van der Waals surface area contributed by atoms with Crippen molar-refractivity contribution in [3.63, 3.8) is 0 Å². The van der Waals surface area contributed by atoms with E-state index in [2.05, 4.69) is 50.8 Å². The van der Waals surface area contributed by atoms with Gasteiger partial charge < -0.3 is 9.88 Å². The summed E-state index contributed by atoms with van der Waals surface area (Å²) < 4.78 is 14.2. The average Bonchev–Trinajstić information content (AvgIpc) is 3.07. The second-order valence-electron chi connectivity index (χ2n) is 7.52. The molecule has 1 fully saturated rings. The molecule has 5 heteroatoms. The van der Waals surface area contributed by atoms with Crippen LogP contribution in [0, 0.1) is 11.7 Å². The second kappa shape index (κ2) is 7.56. The number of halogens is 2. The van der Waals surface area contributed by atoms with Crippen LogP contribution in [0.15, 0.2) is 53.3 Å². The Morgan fingerprint density at radius 3 is 2.63 bits per heavy atom. The monoisotopic (exact) mass is 427 g/mol. The molecule has 0 amide bonds. The highest BCUT2D eigenvalue weighted by Crippen LogP contribution is 2.39. The summed E-state index contributed by atoms with van der Waals surface area (Å²) in [5, 5.41) is 0. The molecule has 3 heterocycles. The molecule has 140 valence electrons. The van der Waals surface area contributed by atoms with Crippen molar-refractivity contribution in [2.24, 2.45) is 5.92 Å². The minimum absolute atomic E-state index is 0.220. The fraction of sp³-hybridized carbons (Fsp3) is 0.318. The second-order valence-corrected chi connectivity index (χ2v) is 8.33. The number of piperidine rings is 1. The summed E-state index contributed by atoms with van der Waals surface area (Å²) in [7, 11) is 2.19. The molecule has 0 spiro atoms. The Kier molecular flexibility index (Phi) is 5.15. The molecule has 2 atom stereocenters. The summed E-state index contributed by atoms with van der Waals surface area (Å²) >= 11 is 3.47. The van der Waals surface area contributed by atoms with Crippen LogP contribution in [0.4, 0.5) is 4.39 Å². The SMILES string of the molecule is C[C@@H]1CN(C)CC[C@H]1c1cc(-c2ccnc(Br)c2)c(-c2ccc(F)cc2)[nH]1. The number of aromatic amines is 1. The van der Waals surface area contributed by atoms with Crippen molar-refractivity contribution in [2.75, 3.05) is 20.1 Å². The molecule has 0 unspecified atom stereocenters. The first-order valence-electron chi connectivity index (χ1n) is 9.30. The van der Waals surface area contributed by atoms with Gasteiger partial charge in [-0.2, -0.15) is 0 Å². The molecule has 0 aliphatic carbocycles. The van der Waals surface area contributed by atoms with Gasteiger partial charge in [-0.05, 0) is 95.5 Å². The van der Waals surface area contributed by atoms with E-state index in [9.17, 15) is 4.39 Å². The third kappa shape index (κ3) is 3.85. The van der Waals surface area contributed by atoms with Crippen LogP contribution >= 0.6 is 15.9 Å². The molecule has 1 saturated heterocycles. The highest BCUT2D eigenvalue weighted by atomic mass is 79.9. The predicted molar refractivity (Wildman–Crippen MR) is 111 cm³/mol. The first-order valence-corrected chi connectivity index (χ1v) is 10.1. The van der Waals surface area contributed by atoms with Crippen LogP contribution in [0.2, 0.25) is 0 Å². The van der Waals surface area contributed by atoms with Gasteiger partial charge in [0.1, 0.15) is 10.4 Å². The van der Waals surface area contributed by atoms with Crippen LogP contribution in [0.3, 0.4) is 0 Å². The molecule has 1 aliphatic heterocycles. The Morgan fingerprint density at radius 2 is 1.93 bits per heavy atom. The number of nitrogens with one attached hydrogen (secondary N) is 1. The third-order valence-corrected chi connectivity index (χ3v) is 5.95. The molecule has 2 aromatic heterocycles. The van der Waals surface area contributed by atoms with Crippen LogP contribution in [0.5, 0.6) is 0 Å². The van der Waals surface area contributed by atoms with Crippen molar-refractivity contribution in [1.29, 1.82) is 0 Å². The van der Waals surface area contributed by atoms with Crippen molar-refractivity contribution in [3.05, 3.63) is 64.8 Å². The van der Waals surface area contributed by atoms with Gasteiger partial charge in [0.05, 0.1) is 5.69 Å². The predicted octanol–water partition coefficient (Wildman–Crippen LogP) is 5.70. The Hall–Kier alpha value is -1.98. The maximum absolute atomic E-state index is 13.4. The van der Waals surface area contributed by atoms with Crippen LogP contribution in [-0.2, 0) is 0 Å². The van der Waals surface area contributed by atoms with Gasteiger partial charge in [-0.15, -0.1) is 0 Å². The van der Waals surface area contributed by atoms with E-state index in [1.54, 1.807) is 6.20 Å². The van der Waals surface area contributed by atoms with Crippen molar-refractivity contribution >= 4 is 15.9 Å². The fourth-order valence-electron chi connectivity index (χ4n) is 4.13. The number of hydrogen-bond acceptors (Lipinski definition) is 2. The molecule has 1 aromatic carbocycles. The van der Waals surface area contributed by atoms with Gasteiger partial charge in [0, 0.05) is 29.9 Å². The maximum Gasteiger partial charge on any atom is 0.123 e. The van der Waals surface area contributed by atoms with Gasteiger partial charge in [0.2, 0.25) is 0 Å². The average molecular weight is 428 g/mol. The number of hydrogen-bond donors (Lipinski definition) is 1. The molecular weight excluding hydrogens is 405 g/mol. The summed E-state index contributed by atoms with van der Waals surface area (Å²) in [6.45, 7) is 4.53. The molecular formula is C22H23BrFN3. The zero-order valence-corrected chi connectivity index (χ0v) is 17.1. The molecule has 0 saturated carbocycles. The van der Waals surface area contributed by atoms with Crippen molar-refractivity contribution in [1.82, 2.24) is 14.9 Å². The summed E-state index contributed by atoms with van der Waals surface area (Å²) in [4.78, 5) is 10.3. The first kappa shape index (κ1) is 18.4. The quantitative estimate of drug-likeness (QED) is 0.543. The van der Waals surface area contributed by atoms with Gasteiger partial charge in [-0.25, -0.2) is 9.37 Å². The number of pyridine rings is 1. The van der Waals surface area contributed by atoms with Gasteiger partial charge in [0.15, 0.2) is 0 Å². The smallest absolute Gasteiger partial charge is 0.123 e. The Labute approximate surface area is 167 Å². The molecule has 27 heavy (non-hydrogen) atoms. The molecule has 4 rings (SSSR count). The highest BCUT2D eigenvalue weighted by Gasteiger charge is 2.28. The lowest BCUT2D eigenvalue weighted by Crippen LogP contribution is -2.35.